The maximum Gasteiger partial charge on any atom is 0.119 e. The highest BCUT2D eigenvalue weighted by molar-refractivity contribution is 5.48. The number of carbonyl (C=O) groups is 1. The minimum absolute atomic E-state index is 0.732. The summed E-state index contributed by atoms with van der Waals surface area (Å²) in [6.45, 7) is 2.01. The van der Waals surface area contributed by atoms with E-state index in [0.717, 1.165) is 38.0 Å². The average Bonchev–Trinajstić information content (AvgIpc) is 2.38. The van der Waals surface area contributed by atoms with Crippen LogP contribution in [-0.4, -0.2) is 38.4 Å². The molecule has 3 heteroatoms. The molecule has 0 aromatic heterocycles. The quantitative estimate of drug-likeness (QED) is 0.389. The van der Waals surface area contributed by atoms with E-state index in [0.29, 0.717) is 0 Å². The van der Waals surface area contributed by atoms with Crippen molar-refractivity contribution in [3.63, 3.8) is 0 Å². The van der Waals surface area contributed by atoms with Crippen LogP contribution in [0.25, 0.3) is 0 Å². The first kappa shape index (κ1) is 18.6. The predicted molar refractivity (Wildman–Crippen MR) is 83.3 cm³/mol. The molecule has 0 radical (unpaired) electrons. The molecule has 1 unspecified atom stereocenters. The Morgan fingerprint density at radius 2 is 1.53 bits per heavy atom. The summed E-state index contributed by atoms with van der Waals surface area (Å²) in [7, 11) is 4.27. The number of nitrogens with two attached hydrogens (primary N) is 1. The molecule has 0 aromatic rings. The molecule has 0 heterocycles. The fourth-order valence-corrected chi connectivity index (χ4v) is 2.53. The third-order valence-corrected chi connectivity index (χ3v) is 3.72. The molecule has 0 saturated carbocycles. The number of nitrogens with zero attached hydrogens (tertiary/aromatic N) is 1. The summed E-state index contributed by atoms with van der Waals surface area (Å²) < 4.78 is 0. The van der Waals surface area contributed by atoms with Gasteiger partial charge in [-0.3, -0.25) is 0 Å². The molecule has 0 bridgehead atoms. The monoisotopic (exact) mass is 270 g/mol. The number of hydrogen-bond donors (Lipinski definition) is 1. The molecular formula is C16H34N2O. The highest BCUT2D eigenvalue weighted by Crippen LogP contribution is 2.22. The zero-order valence-electron chi connectivity index (χ0n) is 13.1. The van der Waals surface area contributed by atoms with Crippen molar-refractivity contribution in [1.82, 2.24) is 4.90 Å². The number of unbranched alkanes of at least 4 members (excludes halogenated alkanes) is 4. The van der Waals surface area contributed by atoms with Gasteiger partial charge in [0.2, 0.25) is 0 Å². The van der Waals surface area contributed by atoms with Crippen molar-refractivity contribution in [3.05, 3.63) is 0 Å². The highest BCUT2D eigenvalue weighted by atomic mass is 16.1. The Hall–Kier alpha value is -0.410. The second-order valence-electron chi connectivity index (χ2n) is 5.90. The van der Waals surface area contributed by atoms with Crippen molar-refractivity contribution in [1.29, 1.82) is 0 Å². The fourth-order valence-electron chi connectivity index (χ4n) is 2.53. The molecule has 19 heavy (non-hydrogen) atoms. The van der Waals surface area contributed by atoms with Gasteiger partial charge in [0.15, 0.2) is 0 Å². The first-order valence-electron chi connectivity index (χ1n) is 7.99. The van der Waals surface area contributed by atoms with Crippen molar-refractivity contribution < 1.29 is 4.79 Å². The molecule has 0 fully saturated rings. The zero-order valence-corrected chi connectivity index (χ0v) is 13.1. The van der Waals surface area contributed by atoms with E-state index in [1.807, 2.05) is 0 Å². The van der Waals surface area contributed by atoms with E-state index in [9.17, 15) is 4.79 Å². The summed E-state index contributed by atoms with van der Waals surface area (Å²) in [6, 6.07) is 0. The minimum atomic E-state index is 0.732. The number of hydrogen-bond acceptors (Lipinski definition) is 3. The molecule has 1 atom stereocenters. The highest BCUT2D eigenvalue weighted by Gasteiger charge is 2.08. The number of aldehydes is 1. The van der Waals surface area contributed by atoms with Crippen LogP contribution >= 0.6 is 0 Å². The van der Waals surface area contributed by atoms with Gasteiger partial charge in [-0.25, -0.2) is 0 Å². The van der Waals surface area contributed by atoms with Crippen LogP contribution in [0.3, 0.4) is 0 Å². The number of carbonyl (C=O) groups excluding carboxylic acids is 1. The van der Waals surface area contributed by atoms with E-state index in [1.165, 1.54) is 51.5 Å². The van der Waals surface area contributed by atoms with Crippen LogP contribution in [0.15, 0.2) is 0 Å². The molecule has 114 valence electrons. The van der Waals surface area contributed by atoms with Crippen LogP contribution in [0.1, 0.15) is 64.2 Å². The second kappa shape index (κ2) is 14.0. The molecule has 0 aliphatic rings. The Morgan fingerprint density at radius 1 is 0.947 bits per heavy atom. The standard InChI is InChI=1S/C16H34N2O/c1-18(2)14-8-6-12-16(11-5-7-13-17)10-4-3-9-15-19/h15-16H,3-14,17H2,1-2H3. The number of rotatable bonds is 14. The summed E-state index contributed by atoms with van der Waals surface area (Å²) in [5, 5.41) is 0. The first-order chi connectivity index (χ1) is 9.20. The Labute approximate surface area is 119 Å². The van der Waals surface area contributed by atoms with Crippen molar-refractivity contribution in [2.24, 2.45) is 11.7 Å². The van der Waals surface area contributed by atoms with Gasteiger partial charge in [0, 0.05) is 6.42 Å². The molecule has 0 rings (SSSR count). The van der Waals surface area contributed by atoms with Gasteiger partial charge in [-0.1, -0.05) is 38.5 Å². The molecule has 0 aromatic carbocycles. The molecule has 0 saturated heterocycles. The van der Waals surface area contributed by atoms with Gasteiger partial charge in [0.05, 0.1) is 0 Å². The summed E-state index contributed by atoms with van der Waals surface area (Å²) in [5.41, 5.74) is 5.56. The SMILES string of the molecule is CN(C)CCCCC(CCCCN)CCCCC=O. The van der Waals surface area contributed by atoms with E-state index < -0.39 is 0 Å². The lowest BCUT2D eigenvalue weighted by Gasteiger charge is -2.17. The molecular weight excluding hydrogens is 236 g/mol. The lowest BCUT2D eigenvalue weighted by Crippen LogP contribution is -2.13. The topological polar surface area (TPSA) is 46.3 Å². The molecule has 2 N–H and O–H groups in total. The Balaban J connectivity index is 3.72. The molecule has 0 aliphatic heterocycles. The lowest BCUT2D eigenvalue weighted by atomic mass is 9.90. The van der Waals surface area contributed by atoms with Gasteiger partial charge in [-0.2, -0.15) is 0 Å². The van der Waals surface area contributed by atoms with Crippen LogP contribution < -0.4 is 5.73 Å². The maximum absolute atomic E-state index is 10.3. The molecule has 0 aliphatic carbocycles. The van der Waals surface area contributed by atoms with Gasteiger partial charge < -0.3 is 15.4 Å². The van der Waals surface area contributed by atoms with Crippen LogP contribution in [0.2, 0.25) is 0 Å². The molecule has 0 spiro atoms. The van der Waals surface area contributed by atoms with Crippen molar-refractivity contribution in [3.8, 4) is 0 Å². The van der Waals surface area contributed by atoms with Crippen LogP contribution in [0.4, 0.5) is 0 Å². The van der Waals surface area contributed by atoms with E-state index in [4.69, 9.17) is 5.73 Å². The summed E-state index contributed by atoms with van der Waals surface area (Å²) in [6.07, 6.45) is 13.1. The third-order valence-electron chi connectivity index (χ3n) is 3.72. The van der Waals surface area contributed by atoms with E-state index in [2.05, 4.69) is 19.0 Å². The van der Waals surface area contributed by atoms with Gasteiger partial charge in [-0.15, -0.1) is 0 Å². The van der Waals surface area contributed by atoms with Gasteiger partial charge >= 0.3 is 0 Å². The minimum Gasteiger partial charge on any atom is -0.330 e. The first-order valence-corrected chi connectivity index (χ1v) is 7.99. The van der Waals surface area contributed by atoms with E-state index >= 15 is 0 Å². The van der Waals surface area contributed by atoms with E-state index in [1.54, 1.807) is 0 Å². The smallest absolute Gasteiger partial charge is 0.119 e. The zero-order chi connectivity index (χ0) is 14.3. The largest absolute Gasteiger partial charge is 0.330 e. The van der Waals surface area contributed by atoms with Crippen molar-refractivity contribution in [2.45, 2.75) is 64.2 Å². The van der Waals surface area contributed by atoms with Gasteiger partial charge in [0.25, 0.3) is 0 Å². The lowest BCUT2D eigenvalue weighted by molar-refractivity contribution is -0.107. The second-order valence-corrected chi connectivity index (χ2v) is 5.90. The van der Waals surface area contributed by atoms with Gasteiger partial charge in [-0.05, 0) is 52.4 Å². The third kappa shape index (κ3) is 13.8. The normalized spacial score (nSPS) is 12.8. The maximum atomic E-state index is 10.3. The average molecular weight is 270 g/mol. The van der Waals surface area contributed by atoms with Crippen LogP contribution in [0, 0.1) is 5.92 Å². The van der Waals surface area contributed by atoms with E-state index in [-0.39, 0.29) is 0 Å². The van der Waals surface area contributed by atoms with Crippen LogP contribution in [0.5, 0.6) is 0 Å². The van der Waals surface area contributed by atoms with Crippen molar-refractivity contribution in [2.75, 3.05) is 27.2 Å². The summed E-state index contributed by atoms with van der Waals surface area (Å²) in [4.78, 5) is 12.6. The summed E-state index contributed by atoms with van der Waals surface area (Å²) in [5.74, 6) is 0.848. The Bertz CT molecular complexity index is 195. The molecule has 3 nitrogen and oxygen atoms in total. The Kier molecular flexibility index (Phi) is 13.7. The predicted octanol–water partition coefficient (Wildman–Crippen LogP) is 3.22. The summed E-state index contributed by atoms with van der Waals surface area (Å²) >= 11 is 0. The molecule has 0 amide bonds. The fraction of sp³-hybridized carbons (Fsp3) is 0.938. The van der Waals surface area contributed by atoms with Crippen molar-refractivity contribution >= 4 is 6.29 Å². The van der Waals surface area contributed by atoms with Gasteiger partial charge in [0.1, 0.15) is 6.29 Å². The Morgan fingerprint density at radius 3 is 2.05 bits per heavy atom. The van der Waals surface area contributed by atoms with Crippen LogP contribution in [-0.2, 0) is 4.79 Å².